The minimum absolute atomic E-state index is 0.0136. The van der Waals surface area contributed by atoms with E-state index in [0.717, 1.165) is 29.3 Å². The molecule has 5 aromatic rings. The largest absolute Gasteiger partial charge is 0.485 e. The molecular weight excluding hydrogens is 779 g/mol. The second kappa shape index (κ2) is 16.6. The number of aryl methyl sites for hydroxylation is 1. The number of amides is 2. The summed E-state index contributed by atoms with van der Waals surface area (Å²) in [6.07, 6.45) is -0.644. The molecule has 2 aromatic carbocycles. The van der Waals surface area contributed by atoms with Gasteiger partial charge in [0.05, 0.1) is 40.9 Å². The van der Waals surface area contributed by atoms with Crippen LogP contribution in [-0.2, 0) is 35.3 Å². The van der Waals surface area contributed by atoms with Gasteiger partial charge in [-0.1, -0.05) is 54.9 Å². The summed E-state index contributed by atoms with van der Waals surface area (Å²) in [5, 5.41) is 6.94. The van der Waals surface area contributed by atoms with Crippen molar-refractivity contribution in [1.29, 1.82) is 0 Å². The molecule has 2 aliphatic heterocycles. The lowest BCUT2D eigenvalue weighted by atomic mass is 10.0. The second-order valence-corrected chi connectivity index (χ2v) is 14.5. The summed E-state index contributed by atoms with van der Waals surface area (Å²) in [5.41, 5.74) is 1.68. The van der Waals surface area contributed by atoms with E-state index in [1.54, 1.807) is 16.4 Å². The Morgan fingerprint density at radius 3 is 2.53 bits per heavy atom. The smallest absolute Gasteiger partial charge is 0.416 e. The van der Waals surface area contributed by atoms with Crippen LogP contribution >= 0.6 is 11.6 Å². The van der Waals surface area contributed by atoms with E-state index in [9.17, 15) is 27.6 Å². The zero-order chi connectivity index (χ0) is 41.3. The van der Waals surface area contributed by atoms with Crippen molar-refractivity contribution in [3.63, 3.8) is 0 Å². The van der Waals surface area contributed by atoms with Gasteiger partial charge in [0.2, 0.25) is 11.7 Å². The molecule has 304 valence electrons. The number of benzene rings is 2. The summed E-state index contributed by atoms with van der Waals surface area (Å²) in [5.74, 6) is -0.261. The molecule has 2 atom stereocenters. The minimum atomic E-state index is -4.62. The van der Waals surface area contributed by atoms with Crippen LogP contribution in [0.1, 0.15) is 66.0 Å². The second-order valence-electron chi connectivity index (χ2n) is 14.1. The van der Waals surface area contributed by atoms with Gasteiger partial charge in [0.1, 0.15) is 25.2 Å². The fourth-order valence-electron chi connectivity index (χ4n) is 7.29. The van der Waals surface area contributed by atoms with Crippen LogP contribution in [0.2, 0.25) is 5.02 Å². The van der Waals surface area contributed by atoms with Gasteiger partial charge in [0.25, 0.3) is 11.5 Å². The predicted octanol–water partition coefficient (Wildman–Crippen LogP) is 5.98. The van der Waals surface area contributed by atoms with Crippen molar-refractivity contribution in [2.24, 2.45) is 0 Å². The molecule has 18 heteroatoms. The van der Waals surface area contributed by atoms with Crippen LogP contribution in [0.25, 0.3) is 11.4 Å². The monoisotopic (exact) mass is 819 g/mol. The van der Waals surface area contributed by atoms with E-state index in [1.807, 2.05) is 62.1 Å². The Bertz CT molecular complexity index is 2450. The first-order valence-corrected chi connectivity index (χ1v) is 19.2. The van der Waals surface area contributed by atoms with Crippen LogP contribution in [0.5, 0.6) is 5.75 Å². The summed E-state index contributed by atoms with van der Waals surface area (Å²) in [6, 6.07) is 11.4. The number of rotatable bonds is 10. The van der Waals surface area contributed by atoms with Crippen molar-refractivity contribution in [3.8, 4) is 5.75 Å². The Labute approximate surface area is 336 Å². The number of fused-ring (bicyclic) bond motifs is 1. The van der Waals surface area contributed by atoms with Gasteiger partial charge in [0.15, 0.2) is 17.3 Å². The molecular formula is C40H41ClF3N9O5. The third-order valence-electron chi connectivity index (χ3n) is 10.5. The topological polar surface area (TPSA) is 149 Å². The van der Waals surface area contributed by atoms with Crippen molar-refractivity contribution in [2.75, 3.05) is 36.5 Å². The highest BCUT2D eigenvalue weighted by Gasteiger charge is 2.39. The molecule has 58 heavy (non-hydrogen) atoms. The Balaban J connectivity index is 1.22. The molecule has 0 radical (unpaired) electrons. The maximum atomic E-state index is 14.6. The van der Waals surface area contributed by atoms with Crippen molar-refractivity contribution in [2.45, 2.75) is 71.9 Å². The zero-order valence-corrected chi connectivity index (χ0v) is 33.0. The minimum Gasteiger partial charge on any atom is -0.485 e. The molecule has 14 nitrogen and oxygen atoms in total. The van der Waals surface area contributed by atoms with Crippen LogP contribution in [0.3, 0.4) is 0 Å². The van der Waals surface area contributed by atoms with E-state index in [4.69, 9.17) is 26.1 Å². The van der Waals surface area contributed by atoms with Gasteiger partial charge in [-0.2, -0.15) is 22.7 Å². The lowest BCUT2D eigenvalue weighted by molar-refractivity contribution is -0.137. The Morgan fingerprint density at radius 2 is 1.84 bits per heavy atom. The fraction of sp³-hybridized carbons (Fsp3) is 0.375. The van der Waals surface area contributed by atoms with E-state index >= 15 is 0 Å². The molecule has 7 rings (SSSR count). The van der Waals surface area contributed by atoms with Crippen LogP contribution in [0.15, 0.2) is 65.7 Å². The lowest BCUT2D eigenvalue weighted by Crippen LogP contribution is -2.60. The Morgan fingerprint density at radius 1 is 1.07 bits per heavy atom. The number of aromatic nitrogens is 6. The number of hydrogen-bond donors (Lipinski definition) is 1. The van der Waals surface area contributed by atoms with E-state index in [0.29, 0.717) is 36.8 Å². The first kappa shape index (κ1) is 40.4. The Kier molecular flexibility index (Phi) is 11.5. The molecule has 0 unspecified atom stereocenters. The maximum Gasteiger partial charge on any atom is 0.416 e. The molecule has 1 saturated heterocycles. The van der Waals surface area contributed by atoms with Gasteiger partial charge >= 0.3 is 6.18 Å². The summed E-state index contributed by atoms with van der Waals surface area (Å²) in [7, 11) is 0. The van der Waals surface area contributed by atoms with E-state index in [-0.39, 0.29) is 72.2 Å². The van der Waals surface area contributed by atoms with Gasteiger partial charge in [-0.05, 0) is 62.9 Å². The zero-order valence-electron chi connectivity index (χ0n) is 32.2. The number of halogens is 4. The molecule has 0 bridgehead atoms. The van der Waals surface area contributed by atoms with Gasteiger partial charge < -0.3 is 29.2 Å². The number of carbonyl (C=O) groups is 2. The number of nitrogens with zero attached hydrogens (tertiary/aromatic N) is 8. The summed E-state index contributed by atoms with van der Waals surface area (Å²) in [6.45, 7) is 8.50. The van der Waals surface area contributed by atoms with Crippen LogP contribution in [-0.4, -0.2) is 84.2 Å². The molecule has 0 saturated carbocycles. The first-order chi connectivity index (χ1) is 27.8. The summed E-state index contributed by atoms with van der Waals surface area (Å²) in [4.78, 5) is 59.5. The SMILES string of the molecule is CCc1c(N2CCN(C(=O)c3ncnc(C)c3OCc3ccccc3)[C@H](C)[C@H]2C)c(=O)n2nc(C3=CCOCC3)nc2n1CC(=O)Nc1ccc(C(F)(F)F)cc1Cl. The van der Waals surface area contributed by atoms with E-state index in [1.165, 1.54) is 10.8 Å². The number of hydrogen-bond acceptors (Lipinski definition) is 10. The molecule has 0 aliphatic carbocycles. The van der Waals surface area contributed by atoms with Crippen LogP contribution in [0.4, 0.5) is 24.5 Å². The fourth-order valence-corrected chi connectivity index (χ4v) is 7.52. The first-order valence-electron chi connectivity index (χ1n) is 18.8. The van der Waals surface area contributed by atoms with Crippen molar-refractivity contribution in [1.82, 2.24) is 34.0 Å². The highest BCUT2D eigenvalue weighted by molar-refractivity contribution is 6.33. The number of alkyl halides is 3. The van der Waals surface area contributed by atoms with Gasteiger partial charge in [-0.25, -0.2) is 9.97 Å². The lowest BCUT2D eigenvalue weighted by Gasteiger charge is -2.46. The standard InChI is InChI=1S/C40H41ClF3N9O5/c1-5-31-34(50-15-16-51(25(4)24(50)3)37(55)33-35(23(2)45-22-46-33)58-21-26-9-7-6-8-10-26)38(56)53-39(48-36(49-53)27-13-17-57-18-14-27)52(31)20-32(54)47-30-12-11-28(19-29(30)41)40(42,43)44/h6-13,19,22,24-25H,5,14-18,20-21H2,1-4H3,(H,47,54)/t24-,25-/m1/s1. The number of piperazine rings is 1. The number of anilines is 2. The maximum absolute atomic E-state index is 14.6. The summed E-state index contributed by atoms with van der Waals surface area (Å²) >= 11 is 6.18. The Hall–Kier alpha value is -5.81. The molecule has 0 spiro atoms. The third kappa shape index (κ3) is 8.00. The molecule has 5 heterocycles. The molecule has 1 fully saturated rings. The quantitative estimate of drug-likeness (QED) is 0.178. The third-order valence-corrected chi connectivity index (χ3v) is 10.8. The van der Waals surface area contributed by atoms with Gasteiger partial charge in [-0.15, -0.1) is 5.10 Å². The predicted molar refractivity (Wildman–Crippen MR) is 210 cm³/mol. The van der Waals surface area contributed by atoms with E-state index < -0.39 is 35.3 Å². The average Bonchev–Trinajstić information content (AvgIpc) is 3.67. The average molecular weight is 820 g/mol. The molecule has 3 aromatic heterocycles. The normalized spacial score (nSPS) is 17.3. The van der Waals surface area contributed by atoms with Crippen molar-refractivity contribution >= 4 is 46.1 Å². The summed E-state index contributed by atoms with van der Waals surface area (Å²) < 4.78 is 54.3. The molecule has 2 aliphatic rings. The van der Waals surface area contributed by atoms with E-state index in [2.05, 4.69) is 20.4 Å². The number of ether oxygens (including phenoxy) is 2. The number of carbonyl (C=O) groups excluding carboxylic acids is 2. The van der Waals surface area contributed by atoms with Gasteiger partial charge in [0, 0.05) is 25.2 Å². The molecule has 1 N–H and O–H groups in total. The van der Waals surface area contributed by atoms with Crippen molar-refractivity contribution in [3.05, 3.63) is 110 Å². The van der Waals surface area contributed by atoms with Crippen LogP contribution in [0, 0.1) is 6.92 Å². The van der Waals surface area contributed by atoms with Gasteiger partial charge in [-0.3, -0.25) is 14.4 Å². The number of nitrogens with one attached hydrogen (secondary N) is 1. The van der Waals surface area contributed by atoms with Crippen molar-refractivity contribution < 1.29 is 32.2 Å². The molecule has 2 amide bonds. The van der Waals surface area contributed by atoms with Crippen LogP contribution < -0.4 is 20.5 Å². The highest BCUT2D eigenvalue weighted by Crippen LogP contribution is 2.34. The highest BCUT2D eigenvalue weighted by atomic mass is 35.5.